The van der Waals surface area contributed by atoms with Crippen LogP contribution in [-0.4, -0.2) is 53.6 Å². The lowest BCUT2D eigenvalue weighted by Gasteiger charge is -2.44. The zero-order chi connectivity index (χ0) is 16.5. The Kier molecular flexibility index (Phi) is 6.45. The first-order valence-corrected chi connectivity index (χ1v) is 7.72. The van der Waals surface area contributed by atoms with Gasteiger partial charge in [0.15, 0.2) is 22.5 Å². The lowest BCUT2D eigenvalue weighted by atomic mass is 9.93. The summed E-state index contributed by atoms with van der Waals surface area (Å²) in [5.41, 5.74) is 11.3. The zero-order valence-corrected chi connectivity index (χ0v) is 16.6. The van der Waals surface area contributed by atoms with Gasteiger partial charge in [-0.2, -0.15) is 0 Å². The van der Waals surface area contributed by atoms with Crippen LogP contribution in [0.5, 0.6) is 0 Å². The standard InChI is InChI=1S/C14H23ClN6O.HI/c1-21(2,3)14(6-4-5-7-14)8-18-13(22)9-11(16)20-12(17)10(15)19-9;/h4-8H2,1-3H3,(H4-,16,17,18,20,22);1H. The summed E-state index contributed by atoms with van der Waals surface area (Å²) in [6.07, 6.45) is 4.53. The molecule has 1 heterocycles. The Morgan fingerprint density at radius 2 is 1.78 bits per heavy atom. The molecule has 0 spiro atoms. The van der Waals surface area contributed by atoms with Gasteiger partial charge in [0.25, 0.3) is 5.91 Å². The number of rotatable bonds is 4. The van der Waals surface area contributed by atoms with Crippen molar-refractivity contribution in [2.75, 3.05) is 39.2 Å². The van der Waals surface area contributed by atoms with E-state index in [2.05, 4.69) is 36.4 Å². The summed E-state index contributed by atoms with van der Waals surface area (Å²) in [6.45, 7) is 0.568. The number of nitrogens with one attached hydrogen (secondary N) is 1. The Morgan fingerprint density at radius 3 is 2.30 bits per heavy atom. The van der Waals surface area contributed by atoms with E-state index in [0.717, 1.165) is 17.3 Å². The molecule has 23 heavy (non-hydrogen) atoms. The van der Waals surface area contributed by atoms with Gasteiger partial charge >= 0.3 is 0 Å². The Bertz CT molecular complexity index is 583. The SMILES string of the molecule is C[N+](C)(C)C1(CNC(=O)c2nc(Cl)c(N)nc2N)CCCC1.[I-]. The molecule has 130 valence electrons. The third-order valence-electron chi connectivity index (χ3n) is 4.66. The predicted molar refractivity (Wildman–Crippen MR) is 87.4 cm³/mol. The first-order valence-electron chi connectivity index (χ1n) is 7.34. The molecular weight excluding hydrogens is 431 g/mol. The average Bonchev–Trinajstić information content (AvgIpc) is 2.90. The van der Waals surface area contributed by atoms with Crippen molar-refractivity contribution in [1.82, 2.24) is 15.3 Å². The number of anilines is 2. The van der Waals surface area contributed by atoms with Crippen LogP contribution in [0.15, 0.2) is 0 Å². The fourth-order valence-electron chi connectivity index (χ4n) is 3.06. The maximum Gasteiger partial charge on any atom is 0.274 e. The molecule has 0 unspecified atom stereocenters. The minimum atomic E-state index is -0.369. The van der Waals surface area contributed by atoms with Gasteiger partial charge in [0.1, 0.15) is 5.54 Å². The van der Waals surface area contributed by atoms with Crippen molar-refractivity contribution in [3.63, 3.8) is 0 Å². The molecule has 0 saturated heterocycles. The number of nitrogens with two attached hydrogens (primary N) is 2. The summed E-state index contributed by atoms with van der Waals surface area (Å²) >= 11 is 5.82. The highest BCUT2D eigenvalue weighted by Gasteiger charge is 2.45. The number of halogens is 2. The maximum absolute atomic E-state index is 12.4. The molecule has 0 atom stereocenters. The molecule has 2 rings (SSSR count). The summed E-state index contributed by atoms with van der Waals surface area (Å²) < 4.78 is 0.803. The number of amides is 1. The Balaban J connectivity index is 0.00000264. The van der Waals surface area contributed by atoms with E-state index >= 15 is 0 Å². The molecular formula is C14H24ClIN6O. The number of nitrogen functional groups attached to an aromatic ring is 2. The van der Waals surface area contributed by atoms with Gasteiger partial charge in [-0.05, 0) is 12.8 Å². The highest BCUT2D eigenvalue weighted by Crippen LogP contribution is 2.36. The summed E-state index contributed by atoms with van der Waals surface area (Å²) in [4.78, 5) is 20.1. The van der Waals surface area contributed by atoms with Crippen LogP contribution < -0.4 is 40.8 Å². The molecule has 1 aromatic rings. The smallest absolute Gasteiger partial charge is 0.274 e. The number of carbonyl (C=O) groups is 1. The molecule has 1 amide bonds. The van der Waals surface area contributed by atoms with Crippen molar-refractivity contribution in [3.8, 4) is 0 Å². The average molecular weight is 455 g/mol. The molecule has 0 aromatic carbocycles. The second-order valence-electron chi connectivity index (χ2n) is 6.76. The molecule has 5 N–H and O–H groups in total. The van der Waals surface area contributed by atoms with Crippen LogP contribution in [0, 0.1) is 0 Å². The minimum Gasteiger partial charge on any atom is -1.00 e. The highest BCUT2D eigenvalue weighted by molar-refractivity contribution is 6.31. The number of carbonyl (C=O) groups excluding carboxylic acids is 1. The number of aromatic nitrogens is 2. The molecule has 7 nitrogen and oxygen atoms in total. The Labute approximate surface area is 158 Å². The van der Waals surface area contributed by atoms with Crippen LogP contribution in [0.25, 0.3) is 0 Å². The normalized spacial score (nSPS) is 16.7. The van der Waals surface area contributed by atoms with Gasteiger partial charge in [-0.15, -0.1) is 0 Å². The third kappa shape index (κ3) is 4.16. The highest BCUT2D eigenvalue weighted by atomic mass is 127. The fraction of sp³-hybridized carbons (Fsp3) is 0.643. The molecule has 1 saturated carbocycles. The van der Waals surface area contributed by atoms with E-state index in [9.17, 15) is 4.79 Å². The summed E-state index contributed by atoms with van der Waals surface area (Å²) in [5, 5.41) is 2.93. The summed E-state index contributed by atoms with van der Waals surface area (Å²) in [5.74, 6) is -0.355. The van der Waals surface area contributed by atoms with E-state index in [4.69, 9.17) is 23.1 Å². The molecule has 1 aliphatic rings. The van der Waals surface area contributed by atoms with Crippen LogP contribution >= 0.6 is 11.6 Å². The van der Waals surface area contributed by atoms with E-state index in [1.807, 2.05) is 0 Å². The fourth-order valence-corrected chi connectivity index (χ4v) is 3.18. The molecule has 0 aliphatic heterocycles. The van der Waals surface area contributed by atoms with Gasteiger partial charge in [0.05, 0.1) is 27.7 Å². The third-order valence-corrected chi connectivity index (χ3v) is 4.93. The van der Waals surface area contributed by atoms with E-state index in [-0.39, 0.29) is 57.9 Å². The molecule has 9 heteroatoms. The van der Waals surface area contributed by atoms with E-state index in [1.165, 1.54) is 12.8 Å². The summed E-state index contributed by atoms with van der Waals surface area (Å²) in [6, 6.07) is 0. The molecule has 0 radical (unpaired) electrons. The van der Waals surface area contributed by atoms with Gasteiger partial charge in [-0.1, -0.05) is 11.6 Å². The van der Waals surface area contributed by atoms with Gasteiger partial charge in [-0.3, -0.25) is 4.79 Å². The number of nitrogens with zero attached hydrogens (tertiary/aromatic N) is 3. The van der Waals surface area contributed by atoms with Crippen molar-refractivity contribution in [2.24, 2.45) is 0 Å². The lowest BCUT2D eigenvalue weighted by Crippen LogP contribution is -3.00. The zero-order valence-electron chi connectivity index (χ0n) is 13.7. The first-order chi connectivity index (χ1) is 10.2. The summed E-state index contributed by atoms with van der Waals surface area (Å²) in [7, 11) is 6.48. The first kappa shape index (κ1) is 20.2. The lowest BCUT2D eigenvalue weighted by molar-refractivity contribution is -0.922. The second kappa shape index (κ2) is 7.35. The van der Waals surface area contributed by atoms with E-state index in [0.29, 0.717) is 6.54 Å². The van der Waals surface area contributed by atoms with Crippen molar-refractivity contribution < 1.29 is 33.3 Å². The largest absolute Gasteiger partial charge is 1.00 e. The number of likely N-dealkylation sites (N-methyl/N-ethyl adjacent to an activating group) is 1. The molecule has 0 bridgehead atoms. The monoisotopic (exact) mass is 454 g/mol. The van der Waals surface area contributed by atoms with Crippen LogP contribution in [0.3, 0.4) is 0 Å². The number of hydrogen-bond donors (Lipinski definition) is 3. The predicted octanol–water partition coefficient (Wildman–Crippen LogP) is -1.95. The van der Waals surface area contributed by atoms with Crippen LogP contribution in [0.4, 0.5) is 11.6 Å². The van der Waals surface area contributed by atoms with Gasteiger partial charge in [0, 0.05) is 12.8 Å². The topological polar surface area (TPSA) is 107 Å². The van der Waals surface area contributed by atoms with Crippen molar-refractivity contribution in [3.05, 3.63) is 10.8 Å². The van der Waals surface area contributed by atoms with Crippen molar-refractivity contribution in [2.45, 2.75) is 31.2 Å². The quantitative estimate of drug-likeness (QED) is 0.362. The maximum atomic E-state index is 12.4. The Hall–Kier alpha value is -0.870. The van der Waals surface area contributed by atoms with Crippen LogP contribution in [0.1, 0.15) is 36.2 Å². The molecule has 1 fully saturated rings. The Morgan fingerprint density at radius 1 is 1.22 bits per heavy atom. The van der Waals surface area contributed by atoms with E-state index < -0.39 is 0 Å². The van der Waals surface area contributed by atoms with Gasteiger partial charge in [-0.25, -0.2) is 9.97 Å². The van der Waals surface area contributed by atoms with Gasteiger partial charge in [0.2, 0.25) is 0 Å². The van der Waals surface area contributed by atoms with Crippen LogP contribution in [-0.2, 0) is 0 Å². The number of quaternary nitrogens is 1. The van der Waals surface area contributed by atoms with E-state index in [1.54, 1.807) is 0 Å². The van der Waals surface area contributed by atoms with Gasteiger partial charge < -0.3 is 45.2 Å². The van der Waals surface area contributed by atoms with Crippen molar-refractivity contribution in [1.29, 1.82) is 0 Å². The molecule has 1 aromatic heterocycles. The van der Waals surface area contributed by atoms with Crippen molar-refractivity contribution >= 4 is 29.1 Å². The van der Waals surface area contributed by atoms with Crippen LogP contribution in [0.2, 0.25) is 5.15 Å². The number of hydrogen-bond acceptors (Lipinski definition) is 5. The second-order valence-corrected chi connectivity index (χ2v) is 7.12. The molecule has 1 aliphatic carbocycles. The minimum absolute atomic E-state index is 0.